The molecule has 1 unspecified atom stereocenters. The van der Waals surface area contributed by atoms with Gasteiger partial charge >= 0.3 is 0 Å². The summed E-state index contributed by atoms with van der Waals surface area (Å²) >= 11 is 4.31. The van der Waals surface area contributed by atoms with E-state index in [1.165, 1.54) is 53.0 Å². The number of fused-ring (bicyclic) bond motifs is 1. The lowest BCUT2D eigenvalue weighted by Crippen LogP contribution is -2.30. The maximum absolute atomic E-state index is 2.43. The van der Waals surface area contributed by atoms with Gasteiger partial charge in [-0.3, -0.25) is 0 Å². The van der Waals surface area contributed by atoms with Crippen LogP contribution in [0.25, 0.3) is 10.8 Å². The fourth-order valence-corrected chi connectivity index (χ4v) is 6.33. The number of hydrogen-bond donors (Lipinski definition) is 0. The Morgan fingerprint density at radius 2 is 1.86 bits per heavy atom. The van der Waals surface area contributed by atoms with Crippen LogP contribution in [0.5, 0.6) is 0 Å². The Labute approximate surface area is 142 Å². The van der Waals surface area contributed by atoms with E-state index in [0.29, 0.717) is 4.75 Å². The third-order valence-corrected chi connectivity index (χ3v) is 7.58. The van der Waals surface area contributed by atoms with E-state index in [0.717, 1.165) is 0 Å². The van der Waals surface area contributed by atoms with Crippen molar-refractivity contribution in [2.24, 2.45) is 0 Å². The van der Waals surface area contributed by atoms with Crippen molar-refractivity contribution in [3.63, 3.8) is 0 Å². The van der Waals surface area contributed by atoms with Crippen LogP contribution in [0.15, 0.2) is 42.5 Å². The lowest BCUT2D eigenvalue weighted by atomic mass is 9.92. The van der Waals surface area contributed by atoms with Gasteiger partial charge in [0.1, 0.15) is 0 Å². The molecule has 2 aromatic rings. The van der Waals surface area contributed by atoms with Gasteiger partial charge in [0, 0.05) is 22.0 Å². The second-order valence-electron chi connectivity index (χ2n) is 6.36. The second-order valence-corrected chi connectivity index (χ2v) is 8.95. The third kappa shape index (κ3) is 3.64. The maximum atomic E-state index is 2.43. The highest BCUT2D eigenvalue weighted by atomic mass is 32.2. The number of thioether (sulfide) groups is 2. The Kier molecular flexibility index (Phi) is 5.37. The first kappa shape index (κ1) is 16.2. The molecule has 0 aromatic heterocycles. The smallest absolute Gasteiger partial charge is 0.0499 e. The van der Waals surface area contributed by atoms with Crippen LogP contribution in [-0.2, 0) is 4.75 Å². The Morgan fingerprint density at radius 3 is 2.59 bits per heavy atom. The maximum Gasteiger partial charge on any atom is 0.0499 e. The van der Waals surface area contributed by atoms with Gasteiger partial charge in [-0.05, 0) is 55.9 Å². The van der Waals surface area contributed by atoms with Crippen molar-refractivity contribution in [2.75, 3.05) is 37.9 Å². The quantitative estimate of drug-likeness (QED) is 0.770. The number of rotatable bonds is 5. The fourth-order valence-electron chi connectivity index (χ4n) is 3.18. The molecule has 1 saturated heterocycles. The largest absolute Gasteiger partial charge is 0.309 e. The lowest BCUT2D eigenvalue weighted by molar-refractivity contribution is 0.383. The standard InChI is InChI=1S/C19H25NS2/c1-20(2)11-5-10-19(15-21-12-13-22-19)18-9-8-16-6-3-4-7-17(16)14-18/h3-4,6-9,14H,5,10-13,15H2,1-2H3. The molecule has 0 N–H and O–H groups in total. The van der Waals surface area contributed by atoms with Gasteiger partial charge in [0.2, 0.25) is 0 Å². The van der Waals surface area contributed by atoms with E-state index < -0.39 is 0 Å². The summed E-state index contributed by atoms with van der Waals surface area (Å²) in [5, 5.41) is 2.73. The van der Waals surface area contributed by atoms with E-state index in [4.69, 9.17) is 0 Å². The monoisotopic (exact) mass is 331 g/mol. The molecular formula is C19H25NS2. The average molecular weight is 332 g/mol. The molecule has 2 aromatic carbocycles. The molecule has 118 valence electrons. The first-order valence-corrected chi connectivity index (χ1v) is 10.2. The van der Waals surface area contributed by atoms with E-state index in [1.807, 2.05) is 0 Å². The van der Waals surface area contributed by atoms with Crippen LogP contribution in [0.2, 0.25) is 0 Å². The lowest BCUT2D eigenvalue weighted by Gasteiger charge is -2.37. The summed E-state index contributed by atoms with van der Waals surface area (Å²) in [6.07, 6.45) is 2.55. The van der Waals surface area contributed by atoms with E-state index in [9.17, 15) is 0 Å². The summed E-state index contributed by atoms with van der Waals surface area (Å²) in [7, 11) is 4.34. The van der Waals surface area contributed by atoms with E-state index in [1.54, 1.807) is 0 Å². The van der Waals surface area contributed by atoms with Crippen molar-refractivity contribution in [2.45, 2.75) is 17.6 Å². The summed E-state index contributed by atoms with van der Waals surface area (Å²) in [5.74, 6) is 3.83. The van der Waals surface area contributed by atoms with Gasteiger partial charge in [0.05, 0.1) is 0 Å². The molecule has 3 heteroatoms. The average Bonchev–Trinajstić information content (AvgIpc) is 2.55. The normalized spacial score (nSPS) is 22.3. The molecule has 1 aliphatic heterocycles. The first-order valence-electron chi connectivity index (χ1n) is 8.05. The summed E-state index contributed by atoms with van der Waals surface area (Å²) in [4.78, 5) is 2.30. The van der Waals surface area contributed by atoms with Crippen molar-refractivity contribution in [1.29, 1.82) is 0 Å². The number of nitrogens with zero attached hydrogens (tertiary/aromatic N) is 1. The molecule has 22 heavy (non-hydrogen) atoms. The molecule has 0 bridgehead atoms. The Hall–Kier alpha value is -0.640. The van der Waals surface area contributed by atoms with Crippen molar-refractivity contribution < 1.29 is 0 Å². The molecule has 1 fully saturated rings. The van der Waals surface area contributed by atoms with Gasteiger partial charge in [-0.15, -0.1) is 11.8 Å². The zero-order valence-electron chi connectivity index (χ0n) is 13.5. The molecule has 1 aliphatic rings. The van der Waals surface area contributed by atoms with Crippen LogP contribution in [0.4, 0.5) is 0 Å². The zero-order chi connectivity index (χ0) is 15.4. The van der Waals surface area contributed by atoms with Crippen molar-refractivity contribution in [3.8, 4) is 0 Å². The van der Waals surface area contributed by atoms with Crippen LogP contribution >= 0.6 is 23.5 Å². The van der Waals surface area contributed by atoms with Crippen molar-refractivity contribution in [3.05, 3.63) is 48.0 Å². The highest BCUT2D eigenvalue weighted by Gasteiger charge is 2.34. The van der Waals surface area contributed by atoms with Crippen molar-refractivity contribution >= 4 is 34.3 Å². The molecule has 0 spiro atoms. The molecule has 3 rings (SSSR count). The summed E-state index contributed by atoms with van der Waals surface area (Å²) in [6.45, 7) is 1.18. The zero-order valence-corrected chi connectivity index (χ0v) is 15.2. The number of hydrogen-bond acceptors (Lipinski definition) is 3. The minimum absolute atomic E-state index is 0.308. The van der Waals surface area contributed by atoms with Crippen LogP contribution in [-0.4, -0.2) is 42.8 Å². The predicted octanol–water partition coefficient (Wildman–Crippen LogP) is 4.86. The fraction of sp³-hybridized carbons (Fsp3) is 0.474. The molecule has 1 heterocycles. The molecule has 1 nitrogen and oxygen atoms in total. The van der Waals surface area contributed by atoms with Crippen LogP contribution in [0, 0.1) is 0 Å². The molecule has 0 saturated carbocycles. The van der Waals surface area contributed by atoms with Gasteiger partial charge in [-0.1, -0.05) is 36.4 Å². The van der Waals surface area contributed by atoms with Gasteiger partial charge in [-0.2, -0.15) is 11.8 Å². The molecule has 0 radical (unpaired) electrons. The number of benzene rings is 2. The molecule has 0 aliphatic carbocycles. The van der Waals surface area contributed by atoms with Gasteiger partial charge < -0.3 is 4.90 Å². The summed E-state index contributed by atoms with van der Waals surface area (Å²) < 4.78 is 0.308. The van der Waals surface area contributed by atoms with Crippen molar-refractivity contribution in [1.82, 2.24) is 4.90 Å². The van der Waals surface area contributed by atoms with Gasteiger partial charge in [-0.25, -0.2) is 0 Å². The topological polar surface area (TPSA) is 3.24 Å². The third-order valence-electron chi connectivity index (χ3n) is 4.40. The van der Waals surface area contributed by atoms with E-state index >= 15 is 0 Å². The minimum Gasteiger partial charge on any atom is -0.309 e. The van der Waals surface area contributed by atoms with Gasteiger partial charge in [0.15, 0.2) is 0 Å². The predicted molar refractivity (Wildman–Crippen MR) is 103 cm³/mol. The molecule has 1 atom stereocenters. The highest BCUT2D eigenvalue weighted by Crippen LogP contribution is 2.47. The highest BCUT2D eigenvalue weighted by molar-refractivity contribution is 8.06. The van der Waals surface area contributed by atoms with Crippen LogP contribution in [0.1, 0.15) is 18.4 Å². The Bertz CT molecular complexity index is 618. The minimum atomic E-state index is 0.308. The first-order chi connectivity index (χ1) is 10.7. The van der Waals surface area contributed by atoms with Crippen LogP contribution in [0.3, 0.4) is 0 Å². The summed E-state index contributed by atoms with van der Waals surface area (Å²) in [6, 6.07) is 15.8. The molecular weight excluding hydrogens is 306 g/mol. The van der Waals surface area contributed by atoms with E-state index in [2.05, 4.69) is 85.0 Å². The van der Waals surface area contributed by atoms with Gasteiger partial charge in [0.25, 0.3) is 0 Å². The summed E-state index contributed by atoms with van der Waals surface area (Å²) in [5.41, 5.74) is 1.53. The SMILES string of the molecule is CN(C)CCCC1(c2ccc3ccccc3c2)CSCCS1. The van der Waals surface area contributed by atoms with Crippen LogP contribution < -0.4 is 0 Å². The van der Waals surface area contributed by atoms with E-state index in [-0.39, 0.29) is 0 Å². The second kappa shape index (κ2) is 7.29. The Balaban J connectivity index is 1.89. The molecule has 0 amide bonds. The Morgan fingerprint density at radius 1 is 1.05 bits per heavy atom.